The van der Waals surface area contributed by atoms with E-state index in [4.69, 9.17) is 0 Å². The fourth-order valence-electron chi connectivity index (χ4n) is 3.30. The van der Waals surface area contributed by atoms with Gasteiger partial charge in [-0.05, 0) is 55.3 Å². The van der Waals surface area contributed by atoms with Crippen LogP contribution in [0.15, 0.2) is 78.6 Å². The molecule has 3 N–H and O–H groups in total. The summed E-state index contributed by atoms with van der Waals surface area (Å²) < 4.78 is 100. The Hall–Kier alpha value is -4.07. The number of hydrogen-bond acceptors (Lipinski definition) is 6. The van der Waals surface area contributed by atoms with E-state index in [1.54, 1.807) is 24.3 Å². The molecule has 0 radical (unpaired) electrons. The van der Waals surface area contributed by atoms with Crippen LogP contribution >= 0.6 is 0 Å². The van der Waals surface area contributed by atoms with Gasteiger partial charge in [-0.2, -0.15) is 26.3 Å². The first-order valence-corrected chi connectivity index (χ1v) is 13.9. The topological polar surface area (TPSA) is 100 Å². The Morgan fingerprint density at radius 1 is 0.878 bits per heavy atom. The summed E-state index contributed by atoms with van der Waals surface area (Å²) in [6.45, 7) is 3.14. The molecular formula is C27H28F6N4O3S. The lowest BCUT2D eigenvalue weighted by atomic mass is 10.1. The Morgan fingerprint density at radius 3 is 2.02 bits per heavy atom. The second-order valence-electron chi connectivity index (χ2n) is 8.57. The molecule has 0 saturated carbocycles. The molecule has 3 aromatic rings. The van der Waals surface area contributed by atoms with Gasteiger partial charge >= 0.3 is 12.4 Å². The zero-order valence-electron chi connectivity index (χ0n) is 22.2. The number of rotatable bonds is 9. The average molecular weight is 603 g/mol. The molecule has 1 aromatic heterocycles. The summed E-state index contributed by atoms with van der Waals surface area (Å²) in [4.78, 5) is 14.9. The summed E-state index contributed by atoms with van der Waals surface area (Å²) in [5, 5.41) is 5.89. The number of carbonyl (C=O) groups excluding carboxylic acids is 1. The molecule has 0 atom stereocenters. The van der Waals surface area contributed by atoms with E-state index in [1.165, 1.54) is 37.3 Å². The molecule has 0 spiro atoms. The molecular weight excluding hydrogens is 574 g/mol. The number of aromatic nitrogens is 1. The molecule has 222 valence electrons. The minimum absolute atomic E-state index is 0.0458. The molecule has 0 saturated heterocycles. The largest absolute Gasteiger partial charge is 0.416 e. The third-order valence-electron chi connectivity index (χ3n) is 5.12. The molecule has 0 aliphatic carbocycles. The summed E-state index contributed by atoms with van der Waals surface area (Å²) in [6, 6.07) is 14.2. The first kappa shape index (κ1) is 33.1. The van der Waals surface area contributed by atoms with Gasteiger partial charge in [-0.25, -0.2) is 13.4 Å². The first-order valence-electron chi connectivity index (χ1n) is 12.0. The fourth-order valence-corrected chi connectivity index (χ4v) is 3.79. The third-order valence-corrected chi connectivity index (χ3v) is 5.70. The van der Waals surface area contributed by atoms with Gasteiger partial charge in [0.25, 0.3) is 0 Å². The van der Waals surface area contributed by atoms with E-state index in [9.17, 15) is 39.6 Å². The van der Waals surface area contributed by atoms with Crippen LogP contribution in [-0.4, -0.2) is 25.4 Å². The van der Waals surface area contributed by atoms with Gasteiger partial charge in [-0.15, -0.1) is 0 Å². The predicted octanol–water partition coefficient (Wildman–Crippen LogP) is 6.83. The first-order chi connectivity index (χ1) is 19.0. The van der Waals surface area contributed by atoms with E-state index in [0.29, 0.717) is 18.1 Å². The number of sulfonamides is 1. The highest BCUT2D eigenvalue weighted by Crippen LogP contribution is 2.32. The van der Waals surface area contributed by atoms with E-state index in [0.717, 1.165) is 24.5 Å². The van der Waals surface area contributed by atoms with Crippen LogP contribution in [-0.2, 0) is 28.9 Å². The Labute approximate surface area is 233 Å². The number of carbonyl (C=O) groups is 1. The van der Waals surface area contributed by atoms with Gasteiger partial charge in [0.1, 0.15) is 17.5 Å². The molecule has 0 aliphatic rings. The molecule has 41 heavy (non-hydrogen) atoms. The number of allylic oxidation sites excluding steroid dienone is 1. The van der Waals surface area contributed by atoms with Crippen molar-refractivity contribution in [3.8, 4) is 0 Å². The van der Waals surface area contributed by atoms with E-state index in [2.05, 4.69) is 20.3 Å². The lowest BCUT2D eigenvalue weighted by molar-refractivity contribution is -0.138. The molecule has 0 amide bonds. The van der Waals surface area contributed by atoms with Crippen molar-refractivity contribution in [3.63, 3.8) is 0 Å². The van der Waals surface area contributed by atoms with Crippen molar-refractivity contribution < 1.29 is 39.6 Å². The number of ketones is 1. The summed E-state index contributed by atoms with van der Waals surface area (Å²) in [7, 11) is -3.47. The van der Waals surface area contributed by atoms with E-state index in [-0.39, 0.29) is 29.3 Å². The monoisotopic (exact) mass is 602 g/mol. The Kier molecular flexibility index (Phi) is 11.3. The molecule has 2 aromatic carbocycles. The van der Waals surface area contributed by atoms with Crippen molar-refractivity contribution in [2.75, 3.05) is 16.3 Å². The molecule has 7 nitrogen and oxygen atoms in total. The van der Waals surface area contributed by atoms with Gasteiger partial charge < -0.3 is 10.6 Å². The van der Waals surface area contributed by atoms with Crippen molar-refractivity contribution in [3.05, 3.63) is 101 Å². The van der Waals surface area contributed by atoms with Crippen LogP contribution in [0, 0.1) is 0 Å². The highest BCUT2D eigenvalue weighted by atomic mass is 32.2. The summed E-state index contributed by atoms with van der Waals surface area (Å²) in [5.41, 5.74) is -1.04. The van der Waals surface area contributed by atoms with Gasteiger partial charge in [-0.1, -0.05) is 43.3 Å². The Balaban J connectivity index is 0.000000377. The maximum Gasteiger partial charge on any atom is 0.416 e. The number of anilines is 2. The minimum atomic E-state index is -4.44. The van der Waals surface area contributed by atoms with Crippen LogP contribution in [0.25, 0.3) is 0 Å². The summed E-state index contributed by atoms with van der Waals surface area (Å²) >= 11 is 0. The second-order valence-corrected chi connectivity index (χ2v) is 10.3. The van der Waals surface area contributed by atoms with E-state index >= 15 is 0 Å². The highest BCUT2D eigenvalue weighted by Gasteiger charge is 2.32. The predicted molar refractivity (Wildman–Crippen MR) is 144 cm³/mol. The number of nitrogens with one attached hydrogen (secondary N) is 3. The van der Waals surface area contributed by atoms with Crippen molar-refractivity contribution in [2.45, 2.75) is 39.2 Å². The molecule has 0 aliphatic heterocycles. The molecule has 0 unspecified atom stereocenters. The van der Waals surface area contributed by atoms with Crippen LogP contribution in [0.5, 0.6) is 0 Å². The van der Waals surface area contributed by atoms with Crippen LogP contribution in [0.4, 0.5) is 38.0 Å². The number of pyridine rings is 1. The minimum Gasteiger partial charge on any atom is -0.368 e. The van der Waals surface area contributed by atoms with E-state index in [1.807, 2.05) is 6.92 Å². The average Bonchev–Trinajstić information content (AvgIpc) is 2.86. The highest BCUT2D eigenvalue weighted by molar-refractivity contribution is 7.92. The lowest BCUT2D eigenvalue weighted by Gasteiger charge is -2.17. The van der Waals surface area contributed by atoms with Crippen LogP contribution in [0.1, 0.15) is 47.3 Å². The normalized spacial score (nSPS) is 12.2. The van der Waals surface area contributed by atoms with E-state index < -0.39 is 33.5 Å². The zero-order valence-corrected chi connectivity index (χ0v) is 23.0. The van der Waals surface area contributed by atoms with Crippen LogP contribution in [0.2, 0.25) is 0 Å². The number of alkyl halides is 6. The standard InChI is InChI=1S/C18H21F3N4O2S.C9H7F3O/c1-3-7-15(22-12-13-8-4-5-9-14(13)18(19,20)21)23-16-10-6-11-17(24-16)25-28(2,26)27;1-6(13)7-2-4-8(5-3-7)9(10,11)12/h4-11,22H,3,12H2,1-2H3,(H2,23,24,25);2-5H,1H3/b15-7+;. The van der Waals surface area contributed by atoms with Crippen LogP contribution in [0.3, 0.4) is 0 Å². The summed E-state index contributed by atoms with van der Waals surface area (Å²) in [6.07, 6.45) is -5.38. The van der Waals surface area contributed by atoms with Gasteiger partial charge in [0.05, 0.1) is 17.4 Å². The number of hydrogen-bond donors (Lipinski definition) is 3. The van der Waals surface area contributed by atoms with Crippen molar-refractivity contribution in [2.24, 2.45) is 0 Å². The van der Waals surface area contributed by atoms with Gasteiger partial charge in [0.15, 0.2) is 5.78 Å². The fraction of sp³-hybridized carbons (Fsp3) is 0.259. The zero-order chi connectivity index (χ0) is 30.8. The Bertz CT molecular complexity index is 1450. The molecule has 1 heterocycles. The number of benzene rings is 2. The molecule has 14 heteroatoms. The van der Waals surface area contributed by atoms with Crippen LogP contribution < -0.4 is 15.4 Å². The van der Waals surface area contributed by atoms with Crippen molar-refractivity contribution in [1.29, 1.82) is 0 Å². The maximum absolute atomic E-state index is 13.1. The lowest BCUT2D eigenvalue weighted by Crippen LogP contribution is -2.22. The molecule has 3 rings (SSSR count). The van der Waals surface area contributed by atoms with Gasteiger partial charge in [0, 0.05) is 12.1 Å². The number of Topliss-reactive ketones (excluding diaryl/α,β-unsaturated/α-hetero) is 1. The summed E-state index contributed by atoms with van der Waals surface area (Å²) in [5.74, 6) is 0.688. The third kappa shape index (κ3) is 11.5. The quantitative estimate of drug-likeness (QED) is 0.183. The smallest absolute Gasteiger partial charge is 0.368 e. The SMILES string of the molecule is CC(=O)c1ccc(C(F)(F)F)cc1.CC/C=C(\NCc1ccccc1C(F)(F)F)Nc1cccc(NS(C)(=O)=O)n1. The second kappa shape index (κ2) is 14.0. The molecule has 0 bridgehead atoms. The Morgan fingerprint density at radius 2 is 1.49 bits per heavy atom. The maximum atomic E-state index is 13.1. The van der Waals surface area contributed by atoms with Gasteiger partial charge in [0.2, 0.25) is 10.0 Å². The number of halogens is 6. The molecule has 0 fully saturated rings. The number of nitrogens with zero attached hydrogens (tertiary/aromatic N) is 1. The van der Waals surface area contributed by atoms with Crippen molar-refractivity contribution in [1.82, 2.24) is 10.3 Å². The van der Waals surface area contributed by atoms with Gasteiger partial charge in [-0.3, -0.25) is 9.52 Å². The van der Waals surface area contributed by atoms with Crippen molar-refractivity contribution >= 4 is 27.4 Å².